The van der Waals surface area contributed by atoms with E-state index in [1.807, 2.05) is 0 Å². The summed E-state index contributed by atoms with van der Waals surface area (Å²) >= 11 is 0. The quantitative estimate of drug-likeness (QED) is 0.781. The van der Waals surface area contributed by atoms with Crippen molar-refractivity contribution in [3.63, 3.8) is 0 Å². The third kappa shape index (κ3) is 2.00. The van der Waals surface area contributed by atoms with Gasteiger partial charge in [-0.1, -0.05) is 6.07 Å². The van der Waals surface area contributed by atoms with Crippen LogP contribution < -0.4 is 10.9 Å². The number of nitrogens with one attached hydrogen (secondary N) is 1. The lowest BCUT2D eigenvalue weighted by atomic mass is 9.89. The Labute approximate surface area is 92.1 Å². The monoisotopic (exact) mass is 228 g/mol. The van der Waals surface area contributed by atoms with E-state index in [-0.39, 0.29) is 18.5 Å². The topological polar surface area (TPSA) is 34.0 Å². The maximum atomic E-state index is 13.7. The first-order valence-corrected chi connectivity index (χ1v) is 5.26. The summed E-state index contributed by atoms with van der Waals surface area (Å²) in [5.41, 5.74) is 0.329. The summed E-state index contributed by atoms with van der Waals surface area (Å²) in [6, 6.07) is 2.83. The number of nitrogens with zero attached hydrogens (tertiary/aromatic N) is 1. The Kier molecular flexibility index (Phi) is 2.80. The standard InChI is InChI=1S/C11H14F2N2O/c1-15-7-8(2-3-10(15)16)9-6-14-5-4-11(9,12)13/h2-3,7,9,14H,4-6H2,1H3/t9-/m0/s1. The maximum Gasteiger partial charge on any atom is 0.257 e. The number of aromatic nitrogens is 1. The number of aryl methyl sites for hydroxylation is 1. The molecule has 1 aromatic rings. The predicted molar refractivity (Wildman–Crippen MR) is 56.9 cm³/mol. The molecule has 0 saturated carbocycles. The van der Waals surface area contributed by atoms with Crippen LogP contribution in [-0.2, 0) is 7.05 Å². The molecule has 1 N–H and O–H groups in total. The third-order valence-corrected chi connectivity index (χ3v) is 3.00. The predicted octanol–water partition coefficient (Wildman–Crippen LogP) is 1.10. The van der Waals surface area contributed by atoms with Gasteiger partial charge in [-0.2, -0.15) is 0 Å². The van der Waals surface area contributed by atoms with Gasteiger partial charge in [0.15, 0.2) is 0 Å². The van der Waals surface area contributed by atoms with Gasteiger partial charge in [-0.25, -0.2) is 8.78 Å². The molecule has 0 amide bonds. The Hall–Kier alpha value is -1.23. The van der Waals surface area contributed by atoms with Crippen LogP contribution >= 0.6 is 0 Å². The zero-order valence-electron chi connectivity index (χ0n) is 9.04. The molecule has 1 atom stereocenters. The van der Waals surface area contributed by atoms with Crippen molar-refractivity contribution in [1.29, 1.82) is 0 Å². The summed E-state index contributed by atoms with van der Waals surface area (Å²) < 4.78 is 28.7. The first kappa shape index (κ1) is 11.3. The van der Waals surface area contributed by atoms with E-state index in [4.69, 9.17) is 0 Å². The van der Waals surface area contributed by atoms with Crippen LogP contribution in [0.4, 0.5) is 8.78 Å². The summed E-state index contributed by atoms with van der Waals surface area (Å²) in [7, 11) is 1.57. The van der Waals surface area contributed by atoms with Gasteiger partial charge in [0.1, 0.15) is 0 Å². The van der Waals surface area contributed by atoms with Crippen molar-refractivity contribution in [3.8, 4) is 0 Å². The highest BCUT2D eigenvalue weighted by Gasteiger charge is 2.42. The smallest absolute Gasteiger partial charge is 0.257 e. The summed E-state index contributed by atoms with van der Waals surface area (Å²) in [6.45, 7) is 0.598. The van der Waals surface area contributed by atoms with Crippen LogP contribution in [0.1, 0.15) is 17.9 Å². The van der Waals surface area contributed by atoms with Crippen LogP contribution in [0.25, 0.3) is 0 Å². The van der Waals surface area contributed by atoms with Crippen molar-refractivity contribution >= 4 is 0 Å². The highest BCUT2D eigenvalue weighted by molar-refractivity contribution is 5.20. The van der Waals surface area contributed by atoms with E-state index in [0.717, 1.165) is 0 Å². The largest absolute Gasteiger partial charge is 0.318 e. The van der Waals surface area contributed by atoms with Gasteiger partial charge >= 0.3 is 0 Å². The zero-order chi connectivity index (χ0) is 11.8. The van der Waals surface area contributed by atoms with Crippen LogP contribution in [-0.4, -0.2) is 23.6 Å². The fraction of sp³-hybridized carbons (Fsp3) is 0.545. The van der Waals surface area contributed by atoms with Crippen LogP contribution in [0, 0.1) is 0 Å². The molecular weight excluding hydrogens is 214 g/mol. The van der Waals surface area contributed by atoms with Gasteiger partial charge in [0.05, 0.1) is 5.92 Å². The molecule has 3 nitrogen and oxygen atoms in total. The fourth-order valence-electron chi connectivity index (χ4n) is 2.01. The van der Waals surface area contributed by atoms with Crippen molar-refractivity contribution in [2.75, 3.05) is 13.1 Å². The second kappa shape index (κ2) is 3.97. The lowest BCUT2D eigenvalue weighted by Gasteiger charge is -2.32. The molecule has 1 aliphatic rings. The van der Waals surface area contributed by atoms with Gasteiger partial charge < -0.3 is 9.88 Å². The molecule has 2 heterocycles. The first-order valence-electron chi connectivity index (χ1n) is 5.26. The van der Waals surface area contributed by atoms with E-state index >= 15 is 0 Å². The third-order valence-electron chi connectivity index (χ3n) is 3.00. The van der Waals surface area contributed by atoms with Gasteiger partial charge in [0, 0.05) is 38.8 Å². The van der Waals surface area contributed by atoms with Crippen molar-refractivity contribution in [2.24, 2.45) is 7.05 Å². The number of halogens is 2. The number of piperidine rings is 1. The number of hydrogen-bond acceptors (Lipinski definition) is 2. The minimum Gasteiger partial charge on any atom is -0.318 e. The van der Waals surface area contributed by atoms with Gasteiger partial charge in [-0.15, -0.1) is 0 Å². The molecule has 1 saturated heterocycles. The lowest BCUT2D eigenvalue weighted by molar-refractivity contribution is -0.0480. The van der Waals surface area contributed by atoms with Crippen molar-refractivity contribution in [3.05, 3.63) is 34.2 Å². The van der Waals surface area contributed by atoms with Crippen LogP contribution in [0.2, 0.25) is 0 Å². The second-order valence-corrected chi connectivity index (χ2v) is 4.18. The maximum absolute atomic E-state index is 13.7. The first-order chi connectivity index (χ1) is 7.50. The molecule has 1 fully saturated rings. The zero-order valence-corrected chi connectivity index (χ0v) is 9.04. The molecule has 1 aromatic heterocycles. The van der Waals surface area contributed by atoms with Gasteiger partial charge in [-0.3, -0.25) is 4.79 Å². The minimum atomic E-state index is -2.69. The van der Waals surface area contributed by atoms with Gasteiger partial charge in [0.2, 0.25) is 5.56 Å². The normalized spacial score (nSPS) is 24.3. The number of hydrogen-bond donors (Lipinski definition) is 1. The molecule has 2 rings (SSSR count). The Balaban J connectivity index is 2.35. The molecule has 0 radical (unpaired) electrons. The minimum absolute atomic E-state index is 0.152. The Morgan fingerprint density at radius 3 is 2.88 bits per heavy atom. The number of alkyl halides is 2. The molecule has 0 bridgehead atoms. The van der Waals surface area contributed by atoms with E-state index in [1.54, 1.807) is 7.05 Å². The van der Waals surface area contributed by atoms with Crippen LogP contribution in [0.5, 0.6) is 0 Å². The Bertz CT molecular complexity index is 442. The van der Waals surface area contributed by atoms with E-state index in [1.165, 1.54) is 22.9 Å². The van der Waals surface area contributed by atoms with Gasteiger partial charge in [-0.05, 0) is 5.56 Å². The fourth-order valence-corrected chi connectivity index (χ4v) is 2.01. The van der Waals surface area contributed by atoms with Crippen LogP contribution in [0.3, 0.4) is 0 Å². The van der Waals surface area contributed by atoms with E-state index in [0.29, 0.717) is 12.1 Å². The van der Waals surface area contributed by atoms with Crippen LogP contribution in [0.15, 0.2) is 23.1 Å². The molecule has 0 aromatic carbocycles. The molecule has 16 heavy (non-hydrogen) atoms. The Morgan fingerprint density at radius 1 is 1.50 bits per heavy atom. The SMILES string of the molecule is Cn1cc([C@@H]2CNCCC2(F)F)ccc1=O. The number of pyridine rings is 1. The Morgan fingerprint density at radius 2 is 2.25 bits per heavy atom. The van der Waals surface area contributed by atoms with E-state index in [9.17, 15) is 13.6 Å². The average molecular weight is 228 g/mol. The highest BCUT2D eigenvalue weighted by Crippen LogP contribution is 2.37. The van der Waals surface area contributed by atoms with E-state index < -0.39 is 11.8 Å². The van der Waals surface area contributed by atoms with Gasteiger partial charge in [0.25, 0.3) is 5.92 Å². The van der Waals surface area contributed by atoms with E-state index in [2.05, 4.69) is 5.32 Å². The molecular formula is C11H14F2N2O. The molecule has 0 spiro atoms. The molecule has 0 aliphatic carbocycles. The lowest BCUT2D eigenvalue weighted by Crippen LogP contribution is -2.43. The van der Waals surface area contributed by atoms with Crippen molar-refractivity contribution in [2.45, 2.75) is 18.3 Å². The highest BCUT2D eigenvalue weighted by atomic mass is 19.3. The average Bonchev–Trinajstić information content (AvgIpc) is 2.22. The summed E-state index contributed by atoms with van der Waals surface area (Å²) in [6.07, 6.45) is 1.34. The number of rotatable bonds is 1. The molecule has 5 heteroatoms. The summed E-state index contributed by atoms with van der Waals surface area (Å²) in [5, 5.41) is 2.96. The summed E-state index contributed by atoms with van der Waals surface area (Å²) in [5.74, 6) is -3.53. The van der Waals surface area contributed by atoms with Crippen molar-refractivity contribution in [1.82, 2.24) is 9.88 Å². The second-order valence-electron chi connectivity index (χ2n) is 4.18. The molecule has 0 unspecified atom stereocenters. The molecule has 88 valence electrons. The van der Waals surface area contributed by atoms with Crippen molar-refractivity contribution < 1.29 is 8.78 Å². The summed E-state index contributed by atoms with van der Waals surface area (Å²) in [4.78, 5) is 11.2. The molecule has 1 aliphatic heterocycles.